The van der Waals surface area contributed by atoms with Gasteiger partial charge in [0.25, 0.3) is 0 Å². The third-order valence-electron chi connectivity index (χ3n) is 2.20. The highest BCUT2D eigenvalue weighted by molar-refractivity contribution is 5.33. The van der Waals surface area contributed by atoms with Gasteiger partial charge in [0.1, 0.15) is 5.75 Å². The minimum absolute atomic E-state index is 0.0165. The number of nitrogens with one attached hydrogen (secondary N) is 1. The molecule has 0 fully saturated rings. The standard InChI is InChI=1S/C12H16F3NO/c1-16-9-10-5-2-3-6-11(10)17-8-4-7-12(13,14)15/h2-3,5-6,16H,4,7-9H2,1H3. The molecule has 0 heterocycles. The van der Waals surface area contributed by atoms with E-state index < -0.39 is 12.6 Å². The number of halogens is 3. The second-order valence-corrected chi connectivity index (χ2v) is 3.71. The molecule has 1 rings (SSSR count). The normalized spacial score (nSPS) is 11.5. The Hall–Kier alpha value is -1.23. The van der Waals surface area contributed by atoms with Crippen LogP contribution in [-0.4, -0.2) is 19.8 Å². The molecule has 1 aromatic rings. The zero-order chi connectivity index (χ0) is 12.7. The topological polar surface area (TPSA) is 21.3 Å². The summed E-state index contributed by atoms with van der Waals surface area (Å²) in [6.07, 6.45) is -4.92. The van der Waals surface area contributed by atoms with Crippen LogP contribution in [0.3, 0.4) is 0 Å². The summed E-state index contributed by atoms with van der Waals surface area (Å²) in [7, 11) is 1.81. The molecule has 17 heavy (non-hydrogen) atoms. The first-order valence-corrected chi connectivity index (χ1v) is 5.45. The molecule has 0 atom stereocenters. The minimum atomic E-state index is -4.10. The molecular weight excluding hydrogens is 231 g/mol. The quantitative estimate of drug-likeness (QED) is 0.780. The average molecular weight is 247 g/mol. The molecule has 5 heteroatoms. The van der Waals surface area contributed by atoms with Gasteiger partial charge in [-0.3, -0.25) is 0 Å². The van der Waals surface area contributed by atoms with Gasteiger partial charge in [-0.15, -0.1) is 0 Å². The maximum Gasteiger partial charge on any atom is 0.389 e. The van der Waals surface area contributed by atoms with Gasteiger partial charge in [-0.05, 0) is 19.5 Å². The first kappa shape index (κ1) is 13.8. The predicted molar refractivity (Wildman–Crippen MR) is 60.0 cm³/mol. The van der Waals surface area contributed by atoms with E-state index >= 15 is 0 Å². The summed E-state index contributed by atoms with van der Waals surface area (Å²) < 4.78 is 41.1. The number of benzene rings is 1. The molecule has 0 aliphatic carbocycles. The van der Waals surface area contributed by atoms with Crippen molar-refractivity contribution >= 4 is 0 Å². The summed E-state index contributed by atoms with van der Waals surface area (Å²) >= 11 is 0. The van der Waals surface area contributed by atoms with Crippen molar-refractivity contribution in [3.8, 4) is 5.75 Å². The molecule has 0 saturated carbocycles. The second kappa shape index (κ2) is 6.49. The monoisotopic (exact) mass is 247 g/mol. The lowest BCUT2D eigenvalue weighted by atomic mass is 10.2. The van der Waals surface area contributed by atoms with Crippen LogP contribution in [0.1, 0.15) is 18.4 Å². The van der Waals surface area contributed by atoms with Crippen LogP contribution in [0.15, 0.2) is 24.3 Å². The third kappa shape index (κ3) is 5.58. The van der Waals surface area contributed by atoms with Crippen LogP contribution in [0, 0.1) is 0 Å². The molecule has 0 spiro atoms. The summed E-state index contributed by atoms with van der Waals surface area (Å²) in [5.41, 5.74) is 0.946. The summed E-state index contributed by atoms with van der Waals surface area (Å²) in [5, 5.41) is 2.98. The van der Waals surface area contributed by atoms with Crippen molar-refractivity contribution < 1.29 is 17.9 Å². The Morgan fingerprint density at radius 3 is 2.59 bits per heavy atom. The van der Waals surface area contributed by atoms with E-state index in [1.807, 2.05) is 12.1 Å². The Bertz CT molecular complexity index is 339. The molecule has 96 valence electrons. The molecular formula is C12H16F3NO. The van der Waals surface area contributed by atoms with Gasteiger partial charge in [0, 0.05) is 18.5 Å². The predicted octanol–water partition coefficient (Wildman–Crippen LogP) is 3.13. The fourth-order valence-corrected chi connectivity index (χ4v) is 1.44. The van der Waals surface area contributed by atoms with Gasteiger partial charge in [0.15, 0.2) is 0 Å². The largest absolute Gasteiger partial charge is 0.493 e. The van der Waals surface area contributed by atoms with Gasteiger partial charge >= 0.3 is 6.18 Å². The maximum absolute atomic E-state index is 11.9. The summed E-state index contributed by atoms with van der Waals surface area (Å²) in [6.45, 7) is 0.718. The van der Waals surface area contributed by atoms with E-state index in [2.05, 4.69) is 5.32 Å². The molecule has 2 nitrogen and oxygen atoms in total. The van der Waals surface area contributed by atoms with Gasteiger partial charge in [-0.2, -0.15) is 13.2 Å². The number of rotatable bonds is 6. The Balaban J connectivity index is 2.41. The summed E-state index contributed by atoms with van der Waals surface area (Å²) in [5.74, 6) is 0.643. The van der Waals surface area contributed by atoms with Crippen molar-refractivity contribution in [1.82, 2.24) is 5.32 Å². The van der Waals surface area contributed by atoms with Crippen LogP contribution in [-0.2, 0) is 6.54 Å². The molecule has 0 amide bonds. The Kier molecular flexibility index (Phi) is 5.28. The highest BCUT2D eigenvalue weighted by Crippen LogP contribution is 2.22. The van der Waals surface area contributed by atoms with Gasteiger partial charge in [0.2, 0.25) is 0 Å². The number of alkyl halides is 3. The third-order valence-corrected chi connectivity index (χ3v) is 2.20. The average Bonchev–Trinajstić information content (AvgIpc) is 2.25. The SMILES string of the molecule is CNCc1ccccc1OCCCC(F)(F)F. The van der Waals surface area contributed by atoms with Gasteiger partial charge in [-0.25, -0.2) is 0 Å². The van der Waals surface area contributed by atoms with E-state index in [0.29, 0.717) is 12.3 Å². The zero-order valence-corrected chi connectivity index (χ0v) is 9.68. The summed E-state index contributed by atoms with van der Waals surface area (Å²) in [6, 6.07) is 7.32. The second-order valence-electron chi connectivity index (χ2n) is 3.71. The van der Waals surface area contributed by atoms with E-state index in [-0.39, 0.29) is 13.0 Å². The van der Waals surface area contributed by atoms with Crippen LogP contribution in [0.25, 0.3) is 0 Å². The van der Waals surface area contributed by atoms with E-state index in [1.54, 1.807) is 19.2 Å². The minimum Gasteiger partial charge on any atom is -0.493 e. The van der Waals surface area contributed by atoms with Crippen LogP contribution in [0.5, 0.6) is 5.75 Å². The smallest absolute Gasteiger partial charge is 0.389 e. The van der Waals surface area contributed by atoms with Crippen molar-refractivity contribution in [1.29, 1.82) is 0 Å². The number of ether oxygens (including phenoxy) is 1. The zero-order valence-electron chi connectivity index (χ0n) is 9.68. The van der Waals surface area contributed by atoms with Crippen molar-refractivity contribution in [3.63, 3.8) is 0 Å². The number of para-hydroxylation sites is 1. The van der Waals surface area contributed by atoms with Gasteiger partial charge < -0.3 is 10.1 Å². The Morgan fingerprint density at radius 1 is 1.24 bits per heavy atom. The van der Waals surface area contributed by atoms with Crippen LogP contribution >= 0.6 is 0 Å². The van der Waals surface area contributed by atoms with Crippen molar-refractivity contribution in [2.24, 2.45) is 0 Å². The molecule has 0 radical (unpaired) electrons. The summed E-state index contributed by atoms with van der Waals surface area (Å²) in [4.78, 5) is 0. The van der Waals surface area contributed by atoms with E-state index in [9.17, 15) is 13.2 Å². The van der Waals surface area contributed by atoms with Gasteiger partial charge in [-0.1, -0.05) is 18.2 Å². The molecule has 0 aliphatic heterocycles. The van der Waals surface area contributed by atoms with Crippen LogP contribution in [0.4, 0.5) is 13.2 Å². The van der Waals surface area contributed by atoms with E-state index in [4.69, 9.17) is 4.74 Å². The molecule has 0 bridgehead atoms. The fraction of sp³-hybridized carbons (Fsp3) is 0.500. The van der Waals surface area contributed by atoms with Gasteiger partial charge in [0.05, 0.1) is 6.61 Å². The Labute approximate surface area is 98.8 Å². The molecule has 0 aliphatic rings. The molecule has 0 unspecified atom stereocenters. The lowest BCUT2D eigenvalue weighted by Gasteiger charge is -2.11. The highest BCUT2D eigenvalue weighted by atomic mass is 19.4. The molecule has 0 saturated heterocycles. The first-order chi connectivity index (χ1) is 8.03. The lowest BCUT2D eigenvalue weighted by molar-refractivity contribution is -0.136. The Morgan fingerprint density at radius 2 is 1.94 bits per heavy atom. The van der Waals surface area contributed by atoms with Crippen LogP contribution < -0.4 is 10.1 Å². The van der Waals surface area contributed by atoms with E-state index in [0.717, 1.165) is 5.56 Å². The van der Waals surface area contributed by atoms with Crippen molar-refractivity contribution in [2.75, 3.05) is 13.7 Å². The van der Waals surface area contributed by atoms with E-state index in [1.165, 1.54) is 0 Å². The molecule has 1 N–H and O–H groups in total. The molecule has 1 aromatic carbocycles. The number of hydrogen-bond donors (Lipinski definition) is 1. The number of hydrogen-bond acceptors (Lipinski definition) is 2. The fourth-order valence-electron chi connectivity index (χ4n) is 1.44. The van der Waals surface area contributed by atoms with Crippen molar-refractivity contribution in [3.05, 3.63) is 29.8 Å². The lowest BCUT2D eigenvalue weighted by Crippen LogP contribution is -2.11. The van der Waals surface area contributed by atoms with Crippen LogP contribution in [0.2, 0.25) is 0 Å². The molecule has 0 aromatic heterocycles. The van der Waals surface area contributed by atoms with Crippen molar-refractivity contribution in [2.45, 2.75) is 25.6 Å². The highest BCUT2D eigenvalue weighted by Gasteiger charge is 2.26. The maximum atomic E-state index is 11.9. The first-order valence-electron chi connectivity index (χ1n) is 5.45.